The van der Waals surface area contributed by atoms with Crippen LogP contribution in [0.15, 0.2) is 0 Å². The van der Waals surface area contributed by atoms with Gasteiger partial charge >= 0.3 is 0 Å². The highest BCUT2D eigenvalue weighted by atomic mass is 79.9. The number of aliphatic hydroxyl groups is 1. The molecular weight excluding hydrogens is 204 g/mol. The van der Waals surface area contributed by atoms with Crippen LogP contribution in [0.3, 0.4) is 0 Å². The first-order chi connectivity index (χ1) is 4.95. The molecule has 0 aliphatic heterocycles. The number of alkyl halides is 1. The monoisotopic (exact) mass is 222 g/mol. The van der Waals surface area contributed by atoms with E-state index in [1.165, 1.54) is 6.42 Å². The van der Waals surface area contributed by atoms with E-state index in [0.29, 0.717) is 0 Å². The minimum absolute atomic E-state index is 0.480. The van der Waals surface area contributed by atoms with Crippen molar-refractivity contribution in [1.29, 1.82) is 0 Å². The van der Waals surface area contributed by atoms with Gasteiger partial charge in [-0.2, -0.15) is 0 Å². The summed E-state index contributed by atoms with van der Waals surface area (Å²) < 4.78 is 0. The molecule has 0 spiro atoms. The predicted octanol–water partition coefficient (Wildman–Crippen LogP) is 2.96. The van der Waals surface area contributed by atoms with Gasteiger partial charge in [-0.1, -0.05) is 29.3 Å². The highest BCUT2D eigenvalue weighted by Gasteiger charge is 2.12. The van der Waals surface area contributed by atoms with Crippen LogP contribution >= 0.6 is 15.9 Å². The lowest BCUT2D eigenvalue weighted by Crippen LogP contribution is -2.18. The quantitative estimate of drug-likeness (QED) is 0.710. The molecule has 2 heteroatoms. The normalized spacial score (nSPS) is 15.0. The van der Waals surface area contributed by atoms with Crippen LogP contribution in [0, 0.1) is 5.92 Å². The Kier molecular flexibility index (Phi) is 5.36. The first-order valence-corrected chi connectivity index (χ1v) is 5.36. The van der Waals surface area contributed by atoms with E-state index >= 15 is 0 Å². The summed E-state index contributed by atoms with van der Waals surface area (Å²) in [6.07, 6.45) is 3.23. The SMILES string of the molecule is CC(CBr)CCCC(C)(C)O. The van der Waals surface area contributed by atoms with Crippen molar-refractivity contribution < 1.29 is 5.11 Å². The van der Waals surface area contributed by atoms with E-state index < -0.39 is 5.60 Å². The topological polar surface area (TPSA) is 20.2 Å². The van der Waals surface area contributed by atoms with E-state index in [9.17, 15) is 5.11 Å². The van der Waals surface area contributed by atoms with Gasteiger partial charge in [0.05, 0.1) is 5.60 Å². The van der Waals surface area contributed by atoms with Crippen LogP contribution in [0.4, 0.5) is 0 Å². The Bertz CT molecular complexity index is 96.2. The smallest absolute Gasteiger partial charge is 0.0591 e. The maximum Gasteiger partial charge on any atom is 0.0591 e. The minimum atomic E-state index is -0.480. The Balaban J connectivity index is 3.28. The molecule has 0 aliphatic carbocycles. The maximum absolute atomic E-state index is 9.39. The van der Waals surface area contributed by atoms with Gasteiger partial charge < -0.3 is 5.11 Å². The molecule has 1 nitrogen and oxygen atoms in total. The van der Waals surface area contributed by atoms with Crippen molar-refractivity contribution in [3.63, 3.8) is 0 Å². The molecule has 0 radical (unpaired) electrons. The minimum Gasteiger partial charge on any atom is -0.390 e. The van der Waals surface area contributed by atoms with Crippen molar-refractivity contribution in [2.45, 2.75) is 45.6 Å². The van der Waals surface area contributed by atoms with Crippen molar-refractivity contribution in [3.05, 3.63) is 0 Å². The lowest BCUT2D eigenvalue weighted by molar-refractivity contribution is 0.0673. The van der Waals surface area contributed by atoms with Gasteiger partial charge in [-0.25, -0.2) is 0 Å². The van der Waals surface area contributed by atoms with Crippen molar-refractivity contribution in [3.8, 4) is 0 Å². The van der Waals surface area contributed by atoms with Gasteiger partial charge in [-0.05, 0) is 32.6 Å². The lowest BCUT2D eigenvalue weighted by Gasteiger charge is -2.17. The highest BCUT2D eigenvalue weighted by molar-refractivity contribution is 9.09. The molecule has 0 rings (SSSR count). The third-order valence-corrected chi connectivity index (χ3v) is 2.85. The number of hydrogen-bond acceptors (Lipinski definition) is 1. The zero-order valence-corrected chi connectivity index (χ0v) is 9.32. The summed E-state index contributed by atoms with van der Waals surface area (Å²) in [6, 6.07) is 0. The fourth-order valence-corrected chi connectivity index (χ4v) is 1.28. The van der Waals surface area contributed by atoms with E-state index in [0.717, 1.165) is 24.1 Å². The average molecular weight is 223 g/mol. The van der Waals surface area contributed by atoms with E-state index in [-0.39, 0.29) is 0 Å². The fourth-order valence-electron chi connectivity index (χ4n) is 0.960. The molecule has 0 bridgehead atoms. The van der Waals surface area contributed by atoms with Crippen molar-refractivity contribution in [1.82, 2.24) is 0 Å². The zero-order chi connectivity index (χ0) is 8.91. The van der Waals surface area contributed by atoms with Gasteiger partial charge in [0.15, 0.2) is 0 Å². The molecule has 1 N–H and O–H groups in total. The Labute approximate surface area is 78.3 Å². The third kappa shape index (κ3) is 8.35. The van der Waals surface area contributed by atoms with Crippen LogP contribution in [0.5, 0.6) is 0 Å². The molecule has 0 aromatic rings. The second kappa shape index (κ2) is 5.15. The van der Waals surface area contributed by atoms with Crippen LogP contribution in [-0.2, 0) is 0 Å². The van der Waals surface area contributed by atoms with Gasteiger partial charge in [-0.3, -0.25) is 0 Å². The van der Waals surface area contributed by atoms with E-state index in [4.69, 9.17) is 0 Å². The summed E-state index contributed by atoms with van der Waals surface area (Å²) in [6.45, 7) is 5.96. The molecule has 0 aromatic heterocycles. The summed E-state index contributed by atoms with van der Waals surface area (Å²) in [7, 11) is 0. The Morgan fingerprint density at radius 3 is 2.36 bits per heavy atom. The zero-order valence-electron chi connectivity index (χ0n) is 7.73. The molecule has 0 saturated carbocycles. The molecule has 0 fully saturated rings. The second-order valence-corrected chi connectivity index (χ2v) is 4.61. The number of rotatable bonds is 5. The second-order valence-electron chi connectivity index (χ2n) is 3.96. The molecule has 0 aliphatic rings. The predicted molar refractivity (Wildman–Crippen MR) is 53.1 cm³/mol. The highest BCUT2D eigenvalue weighted by Crippen LogP contribution is 2.16. The average Bonchev–Trinajstić information content (AvgIpc) is 1.85. The molecule has 0 amide bonds. The lowest BCUT2D eigenvalue weighted by atomic mass is 9.98. The van der Waals surface area contributed by atoms with Crippen molar-refractivity contribution >= 4 is 15.9 Å². The summed E-state index contributed by atoms with van der Waals surface area (Å²) >= 11 is 3.43. The number of halogens is 1. The van der Waals surface area contributed by atoms with Gasteiger partial charge in [0.1, 0.15) is 0 Å². The van der Waals surface area contributed by atoms with Crippen LogP contribution in [-0.4, -0.2) is 16.0 Å². The molecule has 1 unspecified atom stereocenters. The summed E-state index contributed by atoms with van der Waals surface area (Å²) in [5.41, 5.74) is -0.480. The van der Waals surface area contributed by atoms with Crippen LogP contribution in [0.25, 0.3) is 0 Å². The fraction of sp³-hybridized carbons (Fsp3) is 1.00. The third-order valence-electron chi connectivity index (χ3n) is 1.75. The number of hydrogen-bond donors (Lipinski definition) is 1. The Hall–Kier alpha value is 0.440. The maximum atomic E-state index is 9.39. The largest absolute Gasteiger partial charge is 0.390 e. The molecule has 68 valence electrons. The van der Waals surface area contributed by atoms with E-state index in [2.05, 4.69) is 22.9 Å². The molecule has 0 heterocycles. The first-order valence-electron chi connectivity index (χ1n) is 4.24. The van der Waals surface area contributed by atoms with Crippen LogP contribution in [0.1, 0.15) is 40.0 Å². The van der Waals surface area contributed by atoms with Gasteiger partial charge in [0.25, 0.3) is 0 Å². The van der Waals surface area contributed by atoms with Crippen LogP contribution < -0.4 is 0 Å². The van der Waals surface area contributed by atoms with Gasteiger partial charge in [0.2, 0.25) is 0 Å². The standard InChI is InChI=1S/C9H19BrO/c1-8(7-10)5-4-6-9(2,3)11/h8,11H,4-7H2,1-3H3. The van der Waals surface area contributed by atoms with E-state index in [1.54, 1.807) is 0 Å². The molecule has 1 atom stereocenters. The van der Waals surface area contributed by atoms with Gasteiger partial charge in [0, 0.05) is 5.33 Å². The molecule has 0 aromatic carbocycles. The summed E-state index contributed by atoms with van der Waals surface area (Å²) in [5, 5.41) is 10.5. The Morgan fingerprint density at radius 2 is 2.00 bits per heavy atom. The molecule has 0 saturated heterocycles. The summed E-state index contributed by atoms with van der Waals surface area (Å²) in [5.74, 6) is 0.734. The van der Waals surface area contributed by atoms with Gasteiger partial charge in [-0.15, -0.1) is 0 Å². The molecule has 11 heavy (non-hydrogen) atoms. The first kappa shape index (κ1) is 11.4. The van der Waals surface area contributed by atoms with E-state index in [1.807, 2.05) is 13.8 Å². The van der Waals surface area contributed by atoms with Crippen LogP contribution in [0.2, 0.25) is 0 Å². The van der Waals surface area contributed by atoms with Crippen molar-refractivity contribution in [2.75, 3.05) is 5.33 Å². The summed E-state index contributed by atoms with van der Waals surface area (Å²) in [4.78, 5) is 0. The van der Waals surface area contributed by atoms with Crippen molar-refractivity contribution in [2.24, 2.45) is 5.92 Å². The Morgan fingerprint density at radius 1 is 1.45 bits per heavy atom. The molecular formula is C9H19BrO.